The fourth-order valence-corrected chi connectivity index (χ4v) is 4.59. The van der Waals surface area contributed by atoms with Gasteiger partial charge < -0.3 is 25.2 Å². The quantitative estimate of drug-likeness (QED) is 0.595. The van der Waals surface area contributed by atoms with E-state index < -0.39 is 17.7 Å². The molecule has 2 aromatic rings. The number of nitrogens with zero attached hydrogens (tertiary/aromatic N) is 1. The zero-order chi connectivity index (χ0) is 23.6. The first kappa shape index (κ1) is 22.8. The largest absolute Gasteiger partial charge is 0.479 e. The number of β-amino-alcohol motifs (C(OH)–C–C–N with tert-alkyl or cyclic N) is 1. The molecule has 0 radical (unpaired) electrons. The number of fused-ring (bicyclic) bond motifs is 3. The Morgan fingerprint density at radius 3 is 2.30 bits per heavy atom. The maximum absolute atomic E-state index is 12.4. The van der Waals surface area contributed by atoms with E-state index in [0.29, 0.717) is 6.42 Å². The van der Waals surface area contributed by atoms with Gasteiger partial charge in [-0.1, -0.05) is 48.5 Å². The van der Waals surface area contributed by atoms with Crippen LogP contribution in [-0.2, 0) is 14.3 Å². The molecular weight excluding hydrogens is 424 g/mol. The molecule has 0 spiro atoms. The Morgan fingerprint density at radius 2 is 1.73 bits per heavy atom. The van der Waals surface area contributed by atoms with E-state index >= 15 is 0 Å². The predicted molar refractivity (Wildman–Crippen MR) is 121 cm³/mol. The molecule has 1 heterocycles. The second-order valence-electron chi connectivity index (χ2n) is 8.81. The number of benzene rings is 2. The van der Waals surface area contributed by atoms with Crippen molar-refractivity contribution >= 4 is 18.0 Å². The van der Waals surface area contributed by atoms with Gasteiger partial charge in [-0.2, -0.15) is 0 Å². The highest BCUT2D eigenvalue weighted by molar-refractivity contribution is 5.82. The minimum atomic E-state index is -1.87. The molecule has 3 N–H and O–H groups in total. The molecule has 8 nitrogen and oxygen atoms in total. The molecule has 2 aliphatic rings. The molecule has 174 valence electrons. The van der Waals surface area contributed by atoms with Crippen molar-refractivity contribution in [3.05, 3.63) is 59.7 Å². The Balaban J connectivity index is 1.25. The van der Waals surface area contributed by atoms with Crippen LogP contribution in [0.4, 0.5) is 4.79 Å². The average Bonchev–Trinajstić information content (AvgIpc) is 3.36. The van der Waals surface area contributed by atoms with Crippen molar-refractivity contribution in [1.29, 1.82) is 0 Å². The third kappa shape index (κ3) is 4.71. The molecule has 2 atom stereocenters. The maximum atomic E-state index is 12.4. The van der Waals surface area contributed by atoms with Gasteiger partial charge in [-0.05, 0) is 35.6 Å². The van der Waals surface area contributed by atoms with Gasteiger partial charge in [-0.15, -0.1) is 0 Å². The minimum absolute atomic E-state index is 0.0155. The van der Waals surface area contributed by atoms with Crippen molar-refractivity contribution in [3.8, 4) is 11.1 Å². The van der Waals surface area contributed by atoms with Crippen LogP contribution in [0.2, 0.25) is 0 Å². The summed E-state index contributed by atoms with van der Waals surface area (Å²) in [6.07, 6.45) is -0.00840. The average molecular weight is 453 g/mol. The van der Waals surface area contributed by atoms with Crippen molar-refractivity contribution in [2.45, 2.75) is 43.7 Å². The van der Waals surface area contributed by atoms with Gasteiger partial charge in [0.1, 0.15) is 6.61 Å². The van der Waals surface area contributed by atoms with Crippen molar-refractivity contribution in [1.82, 2.24) is 10.2 Å². The molecule has 8 heteroatoms. The summed E-state index contributed by atoms with van der Waals surface area (Å²) >= 11 is 0. The number of amides is 2. The second-order valence-corrected chi connectivity index (χ2v) is 8.81. The number of aliphatic hydroxyl groups is 1. The standard InChI is InChI=1S/C25H28N2O6/c1-16(10-11-22(28)27-13-12-25(32,15-27)23(29)30)26-24(31)33-14-21-19-8-4-2-6-17(19)18-7-3-5-9-20(18)21/h2-9,16,21,32H,10-15H2,1H3,(H,26,31)(H,29,30). The van der Waals surface area contributed by atoms with E-state index in [1.165, 1.54) is 4.90 Å². The van der Waals surface area contributed by atoms with Crippen molar-refractivity contribution in [2.24, 2.45) is 0 Å². The smallest absolute Gasteiger partial charge is 0.407 e. The van der Waals surface area contributed by atoms with Crippen LogP contribution < -0.4 is 5.32 Å². The van der Waals surface area contributed by atoms with Crippen LogP contribution in [-0.4, -0.2) is 64.4 Å². The summed E-state index contributed by atoms with van der Waals surface area (Å²) in [5, 5.41) is 21.8. The summed E-state index contributed by atoms with van der Waals surface area (Å²) in [5.74, 6) is -1.58. The molecule has 4 rings (SSSR count). The lowest BCUT2D eigenvalue weighted by Crippen LogP contribution is -2.42. The van der Waals surface area contributed by atoms with Crippen LogP contribution in [0.15, 0.2) is 48.5 Å². The molecule has 2 amide bonds. The van der Waals surface area contributed by atoms with Crippen LogP contribution in [0.3, 0.4) is 0 Å². The number of nitrogens with one attached hydrogen (secondary N) is 1. The number of ether oxygens (including phenoxy) is 1. The number of rotatable bonds is 7. The second kappa shape index (κ2) is 9.23. The summed E-state index contributed by atoms with van der Waals surface area (Å²) in [6.45, 7) is 1.99. The summed E-state index contributed by atoms with van der Waals surface area (Å²) in [7, 11) is 0. The Kier molecular flexibility index (Phi) is 6.37. The molecule has 2 aromatic carbocycles. The molecule has 0 bridgehead atoms. The first-order valence-electron chi connectivity index (χ1n) is 11.1. The molecule has 0 saturated carbocycles. The van der Waals surface area contributed by atoms with Crippen LogP contribution in [0.25, 0.3) is 11.1 Å². The first-order valence-corrected chi connectivity index (χ1v) is 11.1. The molecule has 0 aromatic heterocycles. The number of hydrogen-bond donors (Lipinski definition) is 3. The Morgan fingerprint density at radius 1 is 1.12 bits per heavy atom. The number of carbonyl (C=O) groups is 3. The normalized spacial score (nSPS) is 20.1. The van der Waals surface area contributed by atoms with Gasteiger partial charge in [0, 0.05) is 31.3 Å². The van der Waals surface area contributed by atoms with E-state index in [1.54, 1.807) is 6.92 Å². The van der Waals surface area contributed by atoms with Gasteiger partial charge in [-0.25, -0.2) is 9.59 Å². The number of carbonyl (C=O) groups excluding carboxylic acids is 2. The van der Waals surface area contributed by atoms with E-state index in [1.807, 2.05) is 24.3 Å². The third-order valence-electron chi connectivity index (χ3n) is 6.50. The SMILES string of the molecule is CC(CCC(=O)N1CCC(O)(C(=O)O)C1)NC(=O)OCC1c2ccccc2-c2ccccc21. The van der Waals surface area contributed by atoms with Gasteiger partial charge in [0.15, 0.2) is 5.60 Å². The molecule has 1 saturated heterocycles. The van der Waals surface area contributed by atoms with E-state index in [-0.39, 0.29) is 50.4 Å². The number of aliphatic carboxylic acids is 1. The van der Waals surface area contributed by atoms with Crippen molar-refractivity contribution < 1.29 is 29.3 Å². The fourth-order valence-electron chi connectivity index (χ4n) is 4.59. The zero-order valence-corrected chi connectivity index (χ0v) is 18.5. The molecule has 1 aliphatic heterocycles. The maximum Gasteiger partial charge on any atom is 0.407 e. The summed E-state index contributed by atoms with van der Waals surface area (Å²) in [5.41, 5.74) is 2.71. The van der Waals surface area contributed by atoms with Crippen LogP contribution in [0, 0.1) is 0 Å². The first-order chi connectivity index (χ1) is 15.8. The molecule has 33 heavy (non-hydrogen) atoms. The lowest BCUT2D eigenvalue weighted by atomic mass is 9.98. The predicted octanol–water partition coefficient (Wildman–Crippen LogP) is 2.74. The Bertz CT molecular complexity index is 1020. The van der Waals surface area contributed by atoms with Crippen molar-refractivity contribution in [3.63, 3.8) is 0 Å². The number of likely N-dealkylation sites (tertiary alicyclic amines) is 1. The molecule has 1 fully saturated rings. The fraction of sp³-hybridized carbons (Fsp3) is 0.400. The lowest BCUT2D eigenvalue weighted by molar-refractivity contribution is -0.157. The molecular formula is C25H28N2O6. The van der Waals surface area contributed by atoms with E-state index in [9.17, 15) is 19.5 Å². The Labute approximate surface area is 192 Å². The number of alkyl carbamates (subject to hydrolysis) is 1. The third-order valence-corrected chi connectivity index (χ3v) is 6.50. The summed E-state index contributed by atoms with van der Waals surface area (Å²) < 4.78 is 5.53. The summed E-state index contributed by atoms with van der Waals surface area (Å²) in [4.78, 5) is 37.2. The highest BCUT2D eigenvalue weighted by Crippen LogP contribution is 2.44. The van der Waals surface area contributed by atoms with Crippen LogP contribution >= 0.6 is 0 Å². The number of carboxylic acids is 1. The summed E-state index contributed by atoms with van der Waals surface area (Å²) in [6, 6.07) is 15.9. The highest BCUT2D eigenvalue weighted by Gasteiger charge is 2.44. The van der Waals surface area contributed by atoms with Gasteiger partial charge in [-0.3, -0.25) is 4.79 Å². The number of hydrogen-bond acceptors (Lipinski definition) is 5. The number of carboxylic acid groups (broad SMARTS) is 1. The van der Waals surface area contributed by atoms with Gasteiger partial charge in [0.05, 0.1) is 6.54 Å². The highest BCUT2D eigenvalue weighted by atomic mass is 16.5. The minimum Gasteiger partial charge on any atom is -0.479 e. The lowest BCUT2D eigenvalue weighted by Gasteiger charge is -2.20. The van der Waals surface area contributed by atoms with Gasteiger partial charge in [0.2, 0.25) is 5.91 Å². The Hall–Kier alpha value is -3.39. The monoisotopic (exact) mass is 452 g/mol. The van der Waals surface area contributed by atoms with E-state index in [4.69, 9.17) is 9.84 Å². The topological polar surface area (TPSA) is 116 Å². The van der Waals surface area contributed by atoms with Crippen molar-refractivity contribution in [2.75, 3.05) is 19.7 Å². The van der Waals surface area contributed by atoms with Crippen LogP contribution in [0.5, 0.6) is 0 Å². The van der Waals surface area contributed by atoms with E-state index in [2.05, 4.69) is 29.6 Å². The molecule has 2 unspecified atom stereocenters. The van der Waals surface area contributed by atoms with Gasteiger partial charge in [0.25, 0.3) is 0 Å². The van der Waals surface area contributed by atoms with Crippen LogP contribution in [0.1, 0.15) is 43.2 Å². The van der Waals surface area contributed by atoms with Gasteiger partial charge >= 0.3 is 12.1 Å². The zero-order valence-electron chi connectivity index (χ0n) is 18.5. The molecule has 1 aliphatic carbocycles. The van der Waals surface area contributed by atoms with E-state index in [0.717, 1.165) is 22.3 Å².